The molecule has 0 spiro atoms. The normalized spacial score (nSPS) is 16.2. The Balaban J connectivity index is 1.45. The molecule has 168 valence electrons. The summed E-state index contributed by atoms with van der Waals surface area (Å²) < 4.78 is 15.6. The van der Waals surface area contributed by atoms with Crippen LogP contribution in [0.2, 0.25) is 0 Å². The molecular weight excluding hydrogens is 439 g/mol. The number of hydrogen-bond acceptors (Lipinski definition) is 5. The van der Waals surface area contributed by atoms with Gasteiger partial charge >= 0.3 is 0 Å². The second kappa shape index (κ2) is 9.15. The smallest absolute Gasteiger partial charge is 0.273 e. The third-order valence-corrected chi connectivity index (χ3v) is 6.81. The Morgan fingerprint density at radius 1 is 1.12 bits per heavy atom. The molecule has 8 heteroatoms. The summed E-state index contributed by atoms with van der Waals surface area (Å²) in [6.07, 6.45) is 1.60. The molecule has 33 heavy (non-hydrogen) atoms. The lowest BCUT2D eigenvalue weighted by Crippen LogP contribution is -2.43. The second-order valence-electron chi connectivity index (χ2n) is 8.20. The van der Waals surface area contributed by atoms with Gasteiger partial charge in [-0.3, -0.25) is 14.2 Å². The third-order valence-electron chi connectivity index (χ3n) is 5.92. The van der Waals surface area contributed by atoms with E-state index < -0.39 is 0 Å². The largest absolute Gasteiger partial charge is 0.341 e. The first kappa shape index (κ1) is 21.3. The van der Waals surface area contributed by atoms with E-state index in [0.29, 0.717) is 29.3 Å². The summed E-state index contributed by atoms with van der Waals surface area (Å²) in [5.41, 5.74) is 2.12. The Morgan fingerprint density at radius 2 is 1.91 bits per heavy atom. The van der Waals surface area contributed by atoms with Crippen molar-refractivity contribution in [3.05, 3.63) is 87.8 Å². The number of anilines is 2. The van der Waals surface area contributed by atoms with E-state index in [1.807, 2.05) is 46.7 Å². The number of piperidine rings is 1. The number of nitrogens with one attached hydrogen (secondary N) is 1. The number of benzene rings is 2. The van der Waals surface area contributed by atoms with Crippen molar-refractivity contribution in [2.24, 2.45) is 5.92 Å². The van der Waals surface area contributed by atoms with Gasteiger partial charge < -0.3 is 10.2 Å². The molecule has 1 atom stereocenters. The topological polar surface area (TPSA) is 67.2 Å². The summed E-state index contributed by atoms with van der Waals surface area (Å²) in [6.45, 7) is 1.47. The maximum atomic E-state index is 13.4. The zero-order valence-electron chi connectivity index (χ0n) is 17.9. The van der Waals surface area contributed by atoms with Crippen molar-refractivity contribution in [3.63, 3.8) is 0 Å². The molecule has 1 N–H and O–H groups in total. The van der Waals surface area contributed by atoms with Crippen molar-refractivity contribution in [2.45, 2.75) is 19.4 Å². The highest BCUT2D eigenvalue weighted by Gasteiger charge is 2.29. The molecule has 6 nitrogen and oxygen atoms in total. The standard InChI is InChI=1S/C25H23FN4O2S/c26-19-10-8-17(9-11-19)15-30-24(32)22-21(12-14-33-22)28-25(30)29-13-4-5-18(16-29)23(31)27-20-6-2-1-3-7-20/h1-3,6-12,14,18H,4-5,13,15-16H2,(H,27,31). The van der Waals surface area contributed by atoms with Crippen LogP contribution in [0.25, 0.3) is 10.2 Å². The number of rotatable bonds is 5. The van der Waals surface area contributed by atoms with Gasteiger partial charge in [-0.25, -0.2) is 9.37 Å². The Labute approximate surface area is 194 Å². The number of carbonyl (C=O) groups is 1. The van der Waals surface area contributed by atoms with Gasteiger partial charge in [-0.05, 0) is 54.1 Å². The molecule has 2 aromatic heterocycles. The molecule has 1 aliphatic rings. The first-order chi connectivity index (χ1) is 16.1. The van der Waals surface area contributed by atoms with Gasteiger partial charge in [-0.15, -0.1) is 11.3 Å². The minimum Gasteiger partial charge on any atom is -0.341 e. The fourth-order valence-electron chi connectivity index (χ4n) is 4.23. The molecule has 4 aromatic rings. The zero-order valence-corrected chi connectivity index (χ0v) is 18.7. The maximum absolute atomic E-state index is 13.4. The molecule has 1 amide bonds. The number of thiophene rings is 1. The molecule has 0 saturated carbocycles. The van der Waals surface area contributed by atoms with E-state index in [-0.39, 0.29) is 29.7 Å². The van der Waals surface area contributed by atoms with Gasteiger partial charge in [0.15, 0.2) is 0 Å². The predicted octanol–water partition coefficient (Wildman–Crippen LogP) is 4.50. The molecular formula is C25H23FN4O2S. The summed E-state index contributed by atoms with van der Waals surface area (Å²) >= 11 is 1.36. The van der Waals surface area contributed by atoms with Crippen LogP contribution in [-0.2, 0) is 11.3 Å². The van der Waals surface area contributed by atoms with E-state index in [0.717, 1.165) is 24.1 Å². The molecule has 3 heterocycles. The molecule has 0 radical (unpaired) electrons. The Morgan fingerprint density at radius 3 is 2.70 bits per heavy atom. The fourth-order valence-corrected chi connectivity index (χ4v) is 5.01. The highest BCUT2D eigenvalue weighted by molar-refractivity contribution is 7.17. The van der Waals surface area contributed by atoms with E-state index in [9.17, 15) is 14.0 Å². The first-order valence-electron chi connectivity index (χ1n) is 10.9. The summed E-state index contributed by atoms with van der Waals surface area (Å²) in [5.74, 6) is -0.0165. The Bertz CT molecular complexity index is 1330. The minimum atomic E-state index is -0.318. The highest BCUT2D eigenvalue weighted by Crippen LogP contribution is 2.26. The number of aromatic nitrogens is 2. The van der Waals surface area contributed by atoms with Crippen molar-refractivity contribution in [2.75, 3.05) is 23.3 Å². The summed E-state index contributed by atoms with van der Waals surface area (Å²) in [7, 11) is 0. The fraction of sp³-hybridized carbons (Fsp3) is 0.240. The number of carbonyl (C=O) groups excluding carboxylic acids is 1. The maximum Gasteiger partial charge on any atom is 0.273 e. The van der Waals surface area contributed by atoms with E-state index in [4.69, 9.17) is 4.98 Å². The SMILES string of the molecule is O=C(Nc1ccccc1)C1CCCN(c2nc3ccsc3c(=O)n2Cc2ccc(F)cc2)C1. The van der Waals surface area contributed by atoms with Gasteiger partial charge in [0, 0.05) is 18.8 Å². The summed E-state index contributed by atoms with van der Waals surface area (Å²) in [6, 6.07) is 17.4. The molecule has 1 unspecified atom stereocenters. The van der Waals surface area contributed by atoms with Gasteiger partial charge in [-0.1, -0.05) is 30.3 Å². The Hall–Kier alpha value is -3.52. The highest BCUT2D eigenvalue weighted by atomic mass is 32.1. The number of halogens is 1. The number of fused-ring (bicyclic) bond motifs is 1. The van der Waals surface area contributed by atoms with Crippen molar-refractivity contribution in [1.82, 2.24) is 9.55 Å². The first-order valence-corrected chi connectivity index (χ1v) is 11.8. The number of hydrogen-bond donors (Lipinski definition) is 1. The van der Waals surface area contributed by atoms with Crippen LogP contribution in [0, 0.1) is 11.7 Å². The van der Waals surface area contributed by atoms with Crippen LogP contribution in [0.15, 0.2) is 70.8 Å². The summed E-state index contributed by atoms with van der Waals surface area (Å²) in [5, 5.41) is 4.85. The lowest BCUT2D eigenvalue weighted by atomic mass is 9.97. The predicted molar refractivity (Wildman–Crippen MR) is 129 cm³/mol. The summed E-state index contributed by atoms with van der Waals surface area (Å²) in [4.78, 5) is 33.1. The monoisotopic (exact) mass is 462 g/mol. The van der Waals surface area contributed by atoms with Crippen LogP contribution in [0.4, 0.5) is 16.0 Å². The van der Waals surface area contributed by atoms with Gasteiger partial charge in [-0.2, -0.15) is 0 Å². The average molecular weight is 463 g/mol. The minimum absolute atomic E-state index is 0.0325. The van der Waals surface area contributed by atoms with Gasteiger partial charge in [0.2, 0.25) is 11.9 Å². The molecule has 2 aromatic carbocycles. The van der Waals surface area contributed by atoms with Crippen molar-refractivity contribution in [3.8, 4) is 0 Å². The van der Waals surface area contributed by atoms with Crippen LogP contribution in [0.5, 0.6) is 0 Å². The Kier molecular flexibility index (Phi) is 5.92. The zero-order chi connectivity index (χ0) is 22.8. The molecule has 0 bridgehead atoms. The van der Waals surface area contributed by atoms with Crippen LogP contribution in [0.3, 0.4) is 0 Å². The van der Waals surface area contributed by atoms with Crippen molar-refractivity contribution in [1.29, 1.82) is 0 Å². The van der Waals surface area contributed by atoms with Crippen molar-refractivity contribution >= 4 is 39.1 Å². The van der Waals surface area contributed by atoms with Gasteiger partial charge in [0.1, 0.15) is 10.5 Å². The van der Waals surface area contributed by atoms with Crippen LogP contribution >= 0.6 is 11.3 Å². The molecule has 5 rings (SSSR count). The molecule has 1 saturated heterocycles. The molecule has 1 fully saturated rings. The van der Waals surface area contributed by atoms with Crippen LogP contribution < -0.4 is 15.8 Å². The second-order valence-corrected chi connectivity index (χ2v) is 9.12. The van der Waals surface area contributed by atoms with Gasteiger partial charge in [0.25, 0.3) is 5.56 Å². The van der Waals surface area contributed by atoms with E-state index >= 15 is 0 Å². The van der Waals surface area contributed by atoms with Crippen LogP contribution in [-0.4, -0.2) is 28.5 Å². The molecule has 0 aliphatic carbocycles. The van der Waals surface area contributed by atoms with E-state index in [1.54, 1.807) is 16.7 Å². The van der Waals surface area contributed by atoms with Crippen molar-refractivity contribution < 1.29 is 9.18 Å². The van der Waals surface area contributed by atoms with E-state index in [1.165, 1.54) is 23.5 Å². The lowest BCUT2D eigenvalue weighted by Gasteiger charge is -2.34. The number of nitrogens with zero attached hydrogens (tertiary/aromatic N) is 3. The number of amides is 1. The molecule has 1 aliphatic heterocycles. The van der Waals surface area contributed by atoms with E-state index in [2.05, 4.69) is 5.32 Å². The van der Waals surface area contributed by atoms with Gasteiger partial charge in [0.05, 0.1) is 18.0 Å². The number of para-hydroxylation sites is 1. The average Bonchev–Trinajstić information content (AvgIpc) is 3.32. The van der Waals surface area contributed by atoms with Crippen LogP contribution in [0.1, 0.15) is 18.4 Å². The quantitative estimate of drug-likeness (QED) is 0.474. The third kappa shape index (κ3) is 4.52. The lowest BCUT2D eigenvalue weighted by molar-refractivity contribution is -0.120.